The zero-order valence-corrected chi connectivity index (χ0v) is 11.4. The Morgan fingerprint density at radius 1 is 1.44 bits per heavy atom. The largest absolute Gasteiger partial charge is 0.484 e. The fourth-order valence-electron chi connectivity index (χ4n) is 1.16. The lowest BCUT2D eigenvalue weighted by Gasteiger charge is -2.28. The molecule has 0 saturated carbocycles. The van der Waals surface area contributed by atoms with Crippen LogP contribution in [0, 0.1) is 11.3 Å². The Morgan fingerprint density at radius 3 is 2.50 bits per heavy atom. The molecule has 0 radical (unpaired) electrons. The van der Waals surface area contributed by atoms with Gasteiger partial charge in [-0.25, -0.2) is 0 Å². The van der Waals surface area contributed by atoms with Gasteiger partial charge in [0.1, 0.15) is 11.3 Å². The number of benzene rings is 1. The van der Waals surface area contributed by atoms with Crippen LogP contribution in [0.4, 0.5) is 0 Å². The Balaban J connectivity index is 2.57. The highest BCUT2D eigenvalue weighted by atomic mass is 35.5. The van der Waals surface area contributed by atoms with Crippen molar-refractivity contribution in [2.45, 2.75) is 19.4 Å². The standard InChI is InChI=1S/C13H15ClN2O2/c1-13(2,9-15)16(3)12(17)8-18-11-6-4-10(14)5-7-11/h4-7H,8H2,1-3H3. The summed E-state index contributed by atoms with van der Waals surface area (Å²) in [6.45, 7) is 3.24. The summed E-state index contributed by atoms with van der Waals surface area (Å²) in [5.74, 6) is 0.312. The lowest BCUT2D eigenvalue weighted by Crippen LogP contribution is -2.45. The molecule has 18 heavy (non-hydrogen) atoms. The predicted molar refractivity (Wildman–Crippen MR) is 69.4 cm³/mol. The monoisotopic (exact) mass is 266 g/mol. The van der Waals surface area contributed by atoms with Gasteiger partial charge >= 0.3 is 0 Å². The first-order valence-corrected chi connectivity index (χ1v) is 5.81. The minimum atomic E-state index is -0.847. The predicted octanol–water partition coefficient (Wildman–Crippen LogP) is 2.48. The van der Waals surface area contributed by atoms with Crippen molar-refractivity contribution >= 4 is 17.5 Å². The van der Waals surface area contributed by atoms with Crippen LogP contribution < -0.4 is 4.74 Å². The summed E-state index contributed by atoms with van der Waals surface area (Å²) in [5.41, 5.74) is -0.847. The van der Waals surface area contributed by atoms with E-state index >= 15 is 0 Å². The van der Waals surface area contributed by atoms with E-state index in [1.807, 2.05) is 0 Å². The Kier molecular flexibility index (Phi) is 4.57. The van der Waals surface area contributed by atoms with E-state index in [2.05, 4.69) is 6.07 Å². The molecule has 4 nitrogen and oxygen atoms in total. The quantitative estimate of drug-likeness (QED) is 0.841. The molecule has 0 spiro atoms. The number of rotatable bonds is 4. The van der Waals surface area contributed by atoms with E-state index < -0.39 is 5.54 Å². The molecule has 0 fully saturated rings. The zero-order chi connectivity index (χ0) is 13.8. The Bertz CT molecular complexity index is 463. The van der Waals surface area contributed by atoms with Gasteiger partial charge in [-0.15, -0.1) is 0 Å². The molecular formula is C13H15ClN2O2. The van der Waals surface area contributed by atoms with Crippen LogP contribution in [-0.2, 0) is 4.79 Å². The lowest BCUT2D eigenvalue weighted by atomic mass is 10.1. The number of halogens is 1. The van der Waals surface area contributed by atoms with Gasteiger partial charge in [-0.1, -0.05) is 11.6 Å². The maximum atomic E-state index is 11.8. The highest BCUT2D eigenvalue weighted by molar-refractivity contribution is 6.30. The van der Waals surface area contributed by atoms with Crippen LogP contribution in [0.5, 0.6) is 5.75 Å². The fourth-order valence-corrected chi connectivity index (χ4v) is 1.29. The number of carbonyl (C=O) groups excluding carboxylic acids is 1. The molecule has 0 aliphatic rings. The van der Waals surface area contributed by atoms with Crippen molar-refractivity contribution in [2.75, 3.05) is 13.7 Å². The minimum Gasteiger partial charge on any atom is -0.484 e. The van der Waals surface area contributed by atoms with Gasteiger partial charge in [-0.05, 0) is 38.1 Å². The van der Waals surface area contributed by atoms with Crippen molar-refractivity contribution in [2.24, 2.45) is 0 Å². The molecule has 1 aromatic rings. The number of nitrogens with zero attached hydrogens (tertiary/aromatic N) is 2. The zero-order valence-electron chi connectivity index (χ0n) is 10.6. The molecule has 1 aromatic carbocycles. The van der Waals surface area contributed by atoms with E-state index in [1.165, 1.54) is 4.90 Å². The van der Waals surface area contributed by atoms with E-state index in [-0.39, 0.29) is 12.5 Å². The molecule has 5 heteroatoms. The maximum Gasteiger partial charge on any atom is 0.261 e. The number of likely N-dealkylation sites (N-methyl/N-ethyl adjacent to an activating group) is 1. The third-order valence-corrected chi connectivity index (χ3v) is 2.91. The van der Waals surface area contributed by atoms with Gasteiger partial charge in [0.05, 0.1) is 6.07 Å². The fraction of sp³-hybridized carbons (Fsp3) is 0.385. The number of amides is 1. The van der Waals surface area contributed by atoms with Gasteiger partial charge < -0.3 is 9.64 Å². The van der Waals surface area contributed by atoms with Crippen molar-refractivity contribution in [3.8, 4) is 11.8 Å². The molecular weight excluding hydrogens is 252 g/mol. The molecule has 0 aromatic heterocycles. The van der Waals surface area contributed by atoms with Gasteiger partial charge in [-0.3, -0.25) is 4.79 Å². The average Bonchev–Trinajstić information content (AvgIpc) is 2.36. The molecule has 0 aliphatic heterocycles. The SMILES string of the molecule is CN(C(=O)COc1ccc(Cl)cc1)C(C)(C)C#N. The minimum absolute atomic E-state index is 0.108. The Labute approximate surface area is 112 Å². The summed E-state index contributed by atoms with van der Waals surface area (Å²) in [5, 5.41) is 9.54. The van der Waals surface area contributed by atoms with Crippen molar-refractivity contribution in [1.29, 1.82) is 5.26 Å². The normalized spacial score (nSPS) is 10.6. The van der Waals surface area contributed by atoms with Gasteiger partial charge in [0, 0.05) is 12.1 Å². The van der Waals surface area contributed by atoms with Crippen LogP contribution in [0.15, 0.2) is 24.3 Å². The number of carbonyl (C=O) groups is 1. The number of nitriles is 1. The van der Waals surface area contributed by atoms with Gasteiger partial charge in [-0.2, -0.15) is 5.26 Å². The van der Waals surface area contributed by atoms with Crippen LogP contribution in [0.1, 0.15) is 13.8 Å². The van der Waals surface area contributed by atoms with Crippen LogP contribution in [0.25, 0.3) is 0 Å². The van der Waals surface area contributed by atoms with Crippen molar-refractivity contribution in [1.82, 2.24) is 4.90 Å². The van der Waals surface area contributed by atoms with E-state index in [9.17, 15) is 4.79 Å². The van der Waals surface area contributed by atoms with E-state index in [4.69, 9.17) is 21.6 Å². The molecule has 0 aliphatic carbocycles. The molecule has 0 atom stereocenters. The molecule has 0 bridgehead atoms. The van der Waals surface area contributed by atoms with Crippen LogP contribution in [0.3, 0.4) is 0 Å². The van der Waals surface area contributed by atoms with Crippen LogP contribution >= 0.6 is 11.6 Å². The number of ether oxygens (including phenoxy) is 1. The topological polar surface area (TPSA) is 53.3 Å². The highest BCUT2D eigenvalue weighted by Crippen LogP contribution is 2.16. The first-order chi connectivity index (χ1) is 8.36. The van der Waals surface area contributed by atoms with Gasteiger partial charge in [0.15, 0.2) is 6.61 Å². The summed E-state index contributed by atoms with van der Waals surface area (Å²) in [6.07, 6.45) is 0. The second kappa shape index (κ2) is 5.74. The van der Waals surface area contributed by atoms with Gasteiger partial charge in [0.25, 0.3) is 5.91 Å². The molecule has 0 N–H and O–H groups in total. The summed E-state index contributed by atoms with van der Waals surface area (Å²) >= 11 is 5.74. The summed E-state index contributed by atoms with van der Waals surface area (Å²) in [6, 6.07) is 8.80. The van der Waals surface area contributed by atoms with Crippen molar-refractivity contribution < 1.29 is 9.53 Å². The van der Waals surface area contributed by atoms with Crippen molar-refractivity contribution in [3.05, 3.63) is 29.3 Å². The Morgan fingerprint density at radius 2 is 2.00 bits per heavy atom. The second-order valence-corrected chi connectivity index (χ2v) is 4.80. The summed E-state index contributed by atoms with van der Waals surface area (Å²) in [7, 11) is 1.58. The molecule has 96 valence electrons. The lowest BCUT2D eigenvalue weighted by molar-refractivity contribution is -0.135. The first-order valence-electron chi connectivity index (χ1n) is 5.43. The molecule has 1 rings (SSSR count). The number of hydrogen-bond acceptors (Lipinski definition) is 3. The molecule has 0 unspecified atom stereocenters. The highest BCUT2D eigenvalue weighted by Gasteiger charge is 2.27. The van der Waals surface area contributed by atoms with Gasteiger partial charge in [0.2, 0.25) is 0 Å². The summed E-state index contributed by atoms with van der Waals surface area (Å²) < 4.78 is 5.32. The van der Waals surface area contributed by atoms with E-state index in [1.54, 1.807) is 45.2 Å². The number of hydrogen-bond donors (Lipinski definition) is 0. The van der Waals surface area contributed by atoms with E-state index in [0.29, 0.717) is 10.8 Å². The average molecular weight is 267 g/mol. The third-order valence-electron chi connectivity index (χ3n) is 2.66. The molecule has 1 amide bonds. The van der Waals surface area contributed by atoms with Crippen LogP contribution in [-0.4, -0.2) is 30.0 Å². The third kappa shape index (κ3) is 3.64. The first kappa shape index (κ1) is 14.3. The smallest absolute Gasteiger partial charge is 0.261 e. The second-order valence-electron chi connectivity index (χ2n) is 4.37. The Hall–Kier alpha value is -1.73. The van der Waals surface area contributed by atoms with E-state index in [0.717, 1.165) is 0 Å². The van der Waals surface area contributed by atoms with Crippen molar-refractivity contribution in [3.63, 3.8) is 0 Å². The molecule has 0 heterocycles. The van der Waals surface area contributed by atoms with Crippen LogP contribution in [0.2, 0.25) is 5.02 Å². The summed E-state index contributed by atoms with van der Waals surface area (Å²) in [4.78, 5) is 13.2. The molecule has 0 saturated heterocycles. The maximum absolute atomic E-state index is 11.8.